The summed E-state index contributed by atoms with van der Waals surface area (Å²) in [5, 5.41) is 10.4. The van der Waals surface area contributed by atoms with Gasteiger partial charge < -0.3 is 9.52 Å². The molecule has 0 bridgehead atoms. The molecular weight excluding hydrogens is 516 g/mol. The second-order valence-corrected chi connectivity index (χ2v) is 11.5. The first-order chi connectivity index (χ1) is 17.3. The first-order valence-corrected chi connectivity index (χ1v) is 14.0. The van der Waals surface area contributed by atoms with Gasteiger partial charge in [-0.2, -0.15) is 0 Å². The highest BCUT2D eigenvalue weighted by molar-refractivity contribution is 8.30. The molecule has 1 fully saturated rings. The monoisotopic (exact) mass is 544 g/mol. The summed E-state index contributed by atoms with van der Waals surface area (Å²) in [4.78, 5) is 39.9. The zero-order chi connectivity index (χ0) is 25.8. The van der Waals surface area contributed by atoms with Crippen molar-refractivity contribution in [3.8, 4) is 0 Å². The van der Waals surface area contributed by atoms with E-state index in [1.54, 1.807) is 11.0 Å². The van der Waals surface area contributed by atoms with Crippen molar-refractivity contribution in [3.05, 3.63) is 55.1 Å². The zero-order valence-corrected chi connectivity index (χ0v) is 22.7. The molecule has 0 saturated carbocycles. The number of benzene rings is 1. The molecule has 1 N–H and O–H groups in total. The highest BCUT2D eigenvalue weighted by atomic mass is 32.2. The number of hydrogen-bond acceptors (Lipinski definition) is 7. The Morgan fingerprint density at radius 2 is 1.89 bits per heavy atom. The van der Waals surface area contributed by atoms with Gasteiger partial charge >= 0.3 is 5.97 Å². The van der Waals surface area contributed by atoms with Crippen molar-refractivity contribution in [1.29, 1.82) is 0 Å². The third kappa shape index (κ3) is 5.82. The summed E-state index contributed by atoms with van der Waals surface area (Å²) in [5.41, 5.74) is 1.00. The number of thioether (sulfide) groups is 1. The van der Waals surface area contributed by atoms with E-state index in [9.17, 15) is 19.5 Å². The van der Waals surface area contributed by atoms with Crippen molar-refractivity contribution >= 4 is 73.5 Å². The van der Waals surface area contributed by atoms with Crippen LogP contribution < -0.4 is 14.8 Å². The lowest BCUT2D eigenvalue weighted by Gasteiger charge is -2.13. The van der Waals surface area contributed by atoms with Gasteiger partial charge in [0, 0.05) is 11.9 Å². The maximum atomic E-state index is 13.3. The fraction of sp³-hybridized carbons (Fsp3) is 0.385. The molecule has 190 valence electrons. The number of aromatic nitrogens is 1. The Labute approximate surface area is 222 Å². The van der Waals surface area contributed by atoms with E-state index in [-0.39, 0.29) is 5.91 Å². The van der Waals surface area contributed by atoms with Crippen molar-refractivity contribution < 1.29 is 19.1 Å². The van der Waals surface area contributed by atoms with Crippen molar-refractivity contribution in [1.82, 2.24) is 9.47 Å². The van der Waals surface area contributed by atoms with Crippen LogP contribution in [-0.4, -0.2) is 37.3 Å². The minimum Gasteiger partial charge on any atom is -0.480 e. The van der Waals surface area contributed by atoms with Crippen LogP contribution >= 0.6 is 35.3 Å². The summed E-state index contributed by atoms with van der Waals surface area (Å²) in [6.07, 6.45) is 8.27. The average Bonchev–Trinajstić information content (AvgIpc) is 3.44. The van der Waals surface area contributed by atoms with Crippen LogP contribution in [0.1, 0.15) is 56.8 Å². The third-order valence-electron chi connectivity index (χ3n) is 5.94. The minimum atomic E-state index is -1.15. The van der Waals surface area contributed by atoms with Crippen molar-refractivity contribution in [3.63, 3.8) is 0 Å². The molecular formula is C26H28N2O5S3. The molecule has 0 aliphatic carbocycles. The summed E-state index contributed by atoms with van der Waals surface area (Å²) in [6, 6.07) is 7.55. The lowest BCUT2D eigenvalue weighted by Crippen LogP contribution is -2.35. The van der Waals surface area contributed by atoms with Gasteiger partial charge in [0.2, 0.25) is 0 Å². The van der Waals surface area contributed by atoms with Crippen LogP contribution in [0.4, 0.5) is 0 Å². The Morgan fingerprint density at radius 1 is 1.14 bits per heavy atom. The largest absolute Gasteiger partial charge is 0.480 e. The Hall–Kier alpha value is -2.69. The van der Waals surface area contributed by atoms with Crippen LogP contribution in [0.2, 0.25) is 0 Å². The van der Waals surface area contributed by atoms with Crippen LogP contribution in [0, 0.1) is 6.92 Å². The molecule has 1 aliphatic heterocycles. The van der Waals surface area contributed by atoms with E-state index in [4.69, 9.17) is 16.6 Å². The fourth-order valence-electron chi connectivity index (χ4n) is 4.16. The zero-order valence-electron chi connectivity index (χ0n) is 20.2. The Balaban J connectivity index is 1.69. The summed E-state index contributed by atoms with van der Waals surface area (Å²) in [7, 11) is 0. The number of thiazole rings is 1. The number of aliphatic carboxylic acids is 1. The van der Waals surface area contributed by atoms with Crippen molar-refractivity contribution in [2.75, 3.05) is 6.54 Å². The SMILES string of the molecule is CCCCCCCCN1C(=O)/C(=c2\s/c(=C/c3ccc4cc(C)oc4c3)c(=O)n2CC(=O)O)SC1=S. The van der Waals surface area contributed by atoms with Gasteiger partial charge in [-0.05, 0) is 37.1 Å². The quantitative estimate of drug-likeness (QED) is 0.302. The number of amides is 1. The smallest absolute Gasteiger partial charge is 0.323 e. The number of carboxylic acids is 1. The molecule has 10 heteroatoms. The minimum absolute atomic E-state index is 0.266. The van der Waals surface area contributed by atoms with Crippen molar-refractivity contribution in [2.24, 2.45) is 0 Å². The first kappa shape index (κ1) is 26.4. The number of rotatable bonds is 10. The van der Waals surface area contributed by atoms with E-state index in [0.717, 1.165) is 63.6 Å². The second-order valence-electron chi connectivity index (χ2n) is 8.78. The molecule has 1 amide bonds. The lowest BCUT2D eigenvalue weighted by atomic mass is 10.1. The molecule has 0 radical (unpaired) electrons. The van der Waals surface area contributed by atoms with Gasteiger partial charge in [-0.3, -0.25) is 23.9 Å². The maximum absolute atomic E-state index is 13.3. The van der Waals surface area contributed by atoms with Crippen LogP contribution in [0.5, 0.6) is 0 Å². The number of carboxylic acid groups (broad SMARTS) is 1. The fourth-order valence-corrected chi connectivity index (χ4v) is 6.73. The van der Waals surface area contributed by atoms with Gasteiger partial charge in [-0.25, -0.2) is 0 Å². The van der Waals surface area contributed by atoms with E-state index in [1.165, 1.54) is 19.3 Å². The third-order valence-corrected chi connectivity index (χ3v) is 8.64. The van der Waals surface area contributed by atoms with Crippen LogP contribution in [0.15, 0.2) is 33.5 Å². The average molecular weight is 545 g/mol. The maximum Gasteiger partial charge on any atom is 0.323 e. The molecule has 0 atom stereocenters. The van der Waals surface area contributed by atoms with Crippen LogP contribution in [0.25, 0.3) is 22.0 Å². The number of hydrogen-bond donors (Lipinski definition) is 1. The molecule has 1 saturated heterocycles. The number of aryl methyl sites for hydroxylation is 1. The predicted octanol–water partition coefficient (Wildman–Crippen LogP) is 4.21. The lowest BCUT2D eigenvalue weighted by molar-refractivity contribution is -0.137. The number of furan rings is 1. The highest BCUT2D eigenvalue weighted by Crippen LogP contribution is 2.31. The Kier molecular flexibility index (Phi) is 8.48. The van der Waals surface area contributed by atoms with Crippen LogP contribution in [-0.2, 0) is 16.1 Å². The summed E-state index contributed by atoms with van der Waals surface area (Å²) >= 11 is 7.71. The number of carbonyl (C=O) groups excluding carboxylic acids is 1. The van der Waals surface area contributed by atoms with Gasteiger partial charge in [0.1, 0.15) is 31.8 Å². The molecule has 0 unspecified atom stereocenters. The summed E-state index contributed by atoms with van der Waals surface area (Å²) in [6.45, 7) is 4.03. The molecule has 2 aromatic heterocycles. The number of thiocarbonyl (C=S) groups is 1. The van der Waals surface area contributed by atoms with E-state index >= 15 is 0 Å². The first-order valence-electron chi connectivity index (χ1n) is 12.0. The van der Waals surface area contributed by atoms with E-state index in [1.807, 2.05) is 31.2 Å². The second kappa shape index (κ2) is 11.6. The molecule has 7 nitrogen and oxygen atoms in total. The molecule has 1 aliphatic rings. The molecule has 3 heterocycles. The molecule has 4 rings (SSSR count). The molecule has 36 heavy (non-hydrogen) atoms. The number of unbranched alkanes of at least 4 members (excludes halogenated alkanes) is 5. The highest BCUT2D eigenvalue weighted by Gasteiger charge is 2.33. The van der Waals surface area contributed by atoms with Gasteiger partial charge in [0.05, 0.1) is 4.53 Å². The van der Waals surface area contributed by atoms with Gasteiger partial charge in [0.25, 0.3) is 11.5 Å². The molecule has 1 aromatic carbocycles. The predicted molar refractivity (Wildman–Crippen MR) is 149 cm³/mol. The topological polar surface area (TPSA) is 92.8 Å². The Bertz CT molecular complexity index is 1500. The Morgan fingerprint density at radius 3 is 2.64 bits per heavy atom. The summed E-state index contributed by atoms with van der Waals surface area (Å²) < 4.78 is 7.95. The number of fused-ring (bicyclic) bond motifs is 1. The number of nitrogens with zero attached hydrogens (tertiary/aromatic N) is 2. The van der Waals surface area contributed by atoms with Gasteiger partial charge in [-0.15, -0.1) is 11.3 Å². The van der Waals surface area contributed by atoms with E-state index < -0.39 is 18.1 Å². The van der Waals surface area contributed by atoms with Gasteiger partial charge in [0.15, 0.2) is 0 Å². The molecule has 3 aromatic rings. The van der Waals surface area contributed by atoms with E-state index in [2.05, 4.69) is 6.92 Å². The standard InChI is InChI=1S/C26H28N2O5S3/c1-3-4-5-6-7-8-11-27-24(32)22(36-26(27)34)25-28(15-21(29)30)23(31)20(35-25)14-17-9-10-18-12-16(2)33-19(18)13-17/h9-10,12-14H,3-8,11,15H2,1-2H3,(H,29,30)/b20-14+,25-22+. The van der Waals surface area contributed by atoms with Crippen molar-refractivity contribution in [2.45, 2.75) is 58.9 Å². The van der Waals surface area contributed by atoms with Crippen LogP contribution in [0.3, 0.4) is 0 Å². The molecule has 0 spiro atoms. The normalized spacial score (nSPS) is 16.1. The van der Waals surface area contributed by atoms with Gasteiger partial charge in [-0.1, -0.05) is 75.1 Å². The summed E-state index contributed by atoms with van der Waals surface area (Å²) in [5.74, 6) is -0.630. The van der Waals surface area contributed by atoms with E-state index in [0.29, 0.717) is 30.5 Å². The number of carbonyl (C=O) groups is 2.